The molecule has 1 fully saturated rings. The van der Waals surface area contributed by atoms with Gasteiger partial charge in [0.15, 0.2) is 0 Å². The lowest BCUT2D eigenvalue weighted by atomic mass is 10.1. The lowest BCUT2D eigenvalue weighted by Gasteiger charge is -2.21. The molecule has 30 heavy (non-hydrogen) atoms. The highest BCUT2D eigenvalue weighted by Crippen LogP contribution is 2.05. The van der Waals surface area contributed by atoms with Crippen LogP contribution < -0.4 is 21.3 Å². The van der Waals surface area contributed by atoms with E-state index >= 15 is 0 Å². The van der Waals surface area contributed by atoms with Crippen LogP contribution in [0.2, 0.25) is 0 Å². The second kappa shape index (κ2) is 12.2. The number of hydrogen-bond acceptors (Lipinski definition) is 7. The van der Waals surface area contributed by atoms with Gasteiger partial charge >= 0.3 is 5.97 Å². The highest BCUT2D eigenvalue weighted by atomic mass is 32.2. The van der Waals surface area contributed by atoms with Crippen molar-refractivity contribution in [2.24, 2.45) is 0 Å². The second-order valence-corrected chi connectivity index (χ2v) is 7.93. The molecule has 1 aliphatic rings. The first kappa shape index (κ1) is 23.7. The van der Waals surface area contributed by atoms with Gasteiger partial charge in [-0.2, -0.15) is 11.8 Å². The molecule has 2 rings (SSSR count). The molecule has 1 aromatic rings. The molecule has 0 bridgehead atoms. The van der Waals surface area contributed by atoms with Crippen LogP contribution >= 0.6 is 11.8 Å². The van der Waals surface area contributed by atoms with Crippen molar-refractivity contribution >= 4 is 35.5 Å². The van der Waals surface area contributed by atoms with E-state index in [1.165, 1.54) is 24.3 Å². The zero-order chi connectivity index (χ0) is 21.9. The summed E-state index contributed by atoms with van der Waals surface area (Å²) in [6, 6.07) is -2.37. The van der Waals surface area contributed by atoms with Gasteiger partial charge in [-0.1, -0.05) is 0 Å². The summed E-state index contributed by atoms with van der Waals surface area (Å²) in [5, 5.41) is 20.1. The largest absolute Gasteiger partial charge is 0.480 e. The number of nitrogens with one attached hydrogen (secondary N) is 5. The summed E-state index contributed by atoms with van der Waals surface area (Å²) < 4.78 is 0. The van der Waals surface area contributed by atoms with Crippen LogP contribution in [0.5, 0.6) is 0 Å². The fraction of sp³-hybridized carbons (Fsp3) is 0.611. The first-order chi connectivity index (χ1) is 14.4. The number of amides is 3. The molecule has 0 aliphatic carbocycles. The molecule has 0 aromatic carbocycles. The van der Waals surface area contributed by atoms with Crippen molar-refractivity contribution in [1.29, 1.82) is 0 Å². The average Bonchev–Trinajstić information content (AvgIpc) is 3.42. The van der Waals surface area contributed by atoms with E-state index in [-0.39, 0.29) is 24.9 Å². The van der Waals surface area contributed by atoms with Gasteiger partial charge in [0.2, 0.25) is 17.7 Å². The number of aliphatic carboxylic acids is 1. The van der Waals surface area contributed by atoms with Gasteiger partial charge in [0.25, 0.3) is 0 Å². The van der Waals surface area contributed by atoms with Crippen LogP contribution in [-0.4, -0.2) is 82.0 Å². The van der Waals surface area contributed by atoms with Gasteiger partial charge in [0.05, 0.1) is 18.9 Å². The molecule has 6 N–H and O–H groups in total. The minimum atomic E-state index is -1.19. The highest BCUT2D eigenvalue weighted by molar-refractivity contribution is 7.98. The van der Waals surface area contributed by atoms with E-state index in [9.17, 15) is 24.3 Å². The smallest absolute Gasteiger partial charge is 0.326 e. The number of aromatic amines is 1. The van der Waals surface area contributed by atoms with E-state index in [0.717, 1.165) is 19.4 Å². The molecule has 11 nitrogen and oxygen atoms in total. The molecule has 2 heterocycles. The van der Waals surface area contributed by atoms with Crippen molar-refractivity contribution in [2.45, 2.75) is 43.8 Å². The lowest BCUT2D eigenvalue weighted by molar-refractivity contribution is -0.142. The number of imidazole rings is 1. The molecule has 12 heteroatoms. The van der Waals surface area contributed by atoms with E-state index in [1.807, 2.05) is 6.26 Å². The van der Waals surface area contributed by atoms with Gasteiger partial charge in [-0.15, -0.1) is 0 Å². The number of carboxylic acids is 1. The summed E-state index contributed by atoms with van der Waals surface area (Å²) >= 11 is 1.50. The molecule has 1 aliphatic heterocycles. The fourth-order valence-corrected chi connectivity index (χ4v) is 3.51. The van der Waals surface area contributed by atoms with E-state index in [1.54, 1.807) is 0 Å². The maximum absolute atomic E-state index is 12.7. The van der Waals surface area contributed by atoms with E-state index in [4.69, 9.17) is 0 Å². The van der Waals surface area contributed by atoms with Crippen LogP contribution in [0.4, 0.5) is 0 Å². The van der Waals surface area contributed by atoms with Crippen molar-refractivity contribution in [3.8, 4) is 0 Å². The van der Waals surface area contributed by atoms with Crippen molar-refractivity contribution < 1.29 is 24.3 Å². The number of rotatable bonds is 12. The molecule has 1 aromatic heterocycles. The summed E-state index contributed by atoms with van der Waals surface area (Å²) in [4.78, 5) is 55.1. The number of carbonyl (C=O) groups is 4. The van der Waals surface area contributed by atoms with Gasteiger partial charge in [-0.3, -0.25) is 14.4 Å². The summed E-state index contributed by atoms with van der Waals surface area (Å²) in [5.41, 5.74) is 0.565. The maximum atomic E-state index is 12.7. The molecule has 3 atom stereocenters. The van der Waals surface area contributed by atoms with E-state index in [2.05, 4.69) is 31.2 Å². The van der Waals surface area contributed by atoms with Gasteiger partial charge < -0.3 is 31.4 Å². The summed E-state index contributed by atoms with van der Waals surface area (Å²) in [6.07, 6.45) is 6.76. The Kier molecular flexibility index (Phi) is 9.61. The van der Waals surface area contributed by atoms with Crippen molar-refractivity contribution in [2.75, 3.05) is 25.1 Å². The van der Waals surface area contributed by atoms with Crippen LogP contribution in [0.3, 0.4) is 0 Å². The van der Waals surface area contributed by atoms with Crippen LogP contribution in [0.1, 0.15) is 25.0 Å². The van der Waals surface area contributed by atoms with Crippen LogP contribution in [0.15, 0.2) is 12.5 Å². The van der Waals surface area contributed by atoms with Crippen molar-refractivity contribution in [1.82, 2.24) is 31.2 Å². The minimum Gasteiger partial charge on any atom is -0.480 e. The lowest BCUT2D eigenvalue weighted by Crippen LogP contribution is -2.54. The Hall–Kier alpha value is -2.60. The number of aromatic nitrogens is 2. The molecule has 0 radical (unpaired) electrons. The van der Waals surface area contributed by atoms with Gasteiger partial charge in [0.1, 0.15) is 12.1 Å². The Morgan fingerprint density at radius 3 is 2.70 bits per heavy atom. The number of carboxylic acid groups (broad SMARTS) is 1. The number of H-pyrrole nitrogens is 1. The molecule has 1 saturated heterocycles. The highest BCUT2D eigenvalue weighted by Gasteiger charge is 2.27. The summed E-state index contributed by atoms with van der Waals surface area (Å²) in [7, 11) is 0. The normalized spacial score (nSPS) is 17.7. The predicted octanol–water partition coefficient (Wildman–Crippen LogP) is -1.37. The van der Waals surface area contributed by atoms with Gasteiger partial charge in [0, 0.05) is 18.3 Å². The van der Waals surface area contributed by atoms with Crippen LogP contribution in [0.25, 0.3) is 0 Å². The summed E-state index contributed by atoms with van der Waals surface area (Å²) in [5.74, 6) is -1.95. The molecule has 3 unspecified atom stereocenters. The fourth-order valence-electron chi connectivity index (χ4n) is 3.04. The SMILES string of the molecule is CSCCC(NC(=O)CNC(=O)C1CCCN1)C(=O)NC(Cc1cnc[nH]1)C(=O)O. The Labute approximate surface area is 178 Å². The van der Waals surface area contributed by atoms with Crippen molar-refractivity contribution in [3.63, 3.8) is 0 Å². The molecule has 3 amide bonds. The van der Waals surface area contributed by atoms with E-state index in [0.29, 0.717) is 17.9 Å². The number of carbonyl (C=O) groups excluding carboxylic acids is 3. The minimum absolute atomic E-state index is 0.0364. The monoisotopic (exact) mass is 440 g/mol. The first-order valence-corrected chi connectivity index (χ1v) is 11.1. The molecule has 0 spiro atoms. The quantitative estimate of drug-likeness (QED) is 0.232. The maximum Gasteiger partial charge on any atom is 0.326 e. The third-order valence-electron chi connectivity index (χ3n) is 4.66. The Balaban J connectivity index is 1.89. The third-order valence-corrected chi connectivity index (χ3v) is 5.30. The first-order valence-electron chi connectivity index (χ1n) is 9.70. The van der Waals surface area contributed by atoms with Crippen molar-refractivity contribution in [3.05, 3.63) is 18.2 Å². The Bertz CT molecular complexity index is 723. The number of nitrogens with zero attached hydrogens (tertiary/aromatic N) is 1. The standard InChI is InChI=1S/C18H28N6O5S/c1-30-6-4-13(23-15(25)9-21-16(26)12-3-2-5-20-12)17(27)24-14(18(28)29)7-11-8-19-10-22-11/h8,10,12-14,20H,2-7,9H2,1H3,(H,19,22)(H,21,26)(H,23,25)(H,24,27)(H,28,29). The third kappa shape index (κ3) is 7.67. The predicted molar refractivity (Wildman–Crippen MR) is 111 cm³/mol. The number of thioether (sulfide) groups is 1. The van der Waals surface area contributed by atoms with Gasteiger partial charge in [-0.25, -0.2) is 9.78 Å². The average molecular weight is 441 g/mol. The molecular weight excluding hydrogens is 412 g/mol. The second-order valence-electron chi connectivity index (χ2n) is 6.95. The molecule has 0 saturated carbocycles. The Morgan fingerprint density at radius 1 is 1.30 bits per heavy atom. The number of hydrogen-bond donors (Lipinski definition) is 6. The van der Waals surface area contributed by atoms with Crippen LogP contribution in [-0.2, 0) is 25.6 Å². The van der Waals surface area contributed by atoms with Crippen LogP contribution in [0, 0.1) is 0 Å². The summed E-state index contributed by atoms with van der Waals surface area (Å²) in [6.45, 7) is 0.515. The molecule has 166 valence electrons. The Morgan fingerprint density at radius 2 is 2.10 bits per heavy atom. The van der Waals surface area contributed by atoms with E-state index < -0.39 is 29.9 Å². The topological polar surface area (TPSA) is 165 Å². The molecular formula is C18H28N6O5S. The van der Waals surface area contributed by atoms with Gasteiger partial charge in [-0.05, 0) is 37.8 Å². The zero-order valence-corrected chi connectivity index (χ0v) is 17.6. The zero-order valence-electron chi connectivity index (χ0n) is 16.8.